The summed E-state index contributed by atoms with van der Waals surface area (Å²) in [4.78, 5) is 0. The highest BCUT2D eigenvalue weighted by molar-refractivity contribution is 5.44. The van der Waals surface area contributed by atoms with Crippen LogP contribution < -0.4 is 4.74 Å². The van der Waals surface area contributed by atoms with Gasteiger partial charge in [-0.1, -0.05) is 53.7 Å². The molecule has 0 aliphatic carbocycles. The van der Waals surface area contributed by atoms with E-state index in [1.807, 2.05) is 0 Å². The Morgan fingerprint density at radius 1 is 1.05 bits per heavy atom. The lowest BCUT2D eigenvalue weighted by molar-refractivity contribution is 0.121. The minimum atomic E-state index is -0.450. The van der Waals surface area contributed by atoms with Crippen molar-refractivity contribution in [3.05, 3.63) is 29.3 Å². The highest BCUT2D eigenvalue weighted by atomic mass is 16.5. The Balaban J connectivity index is 3.27. The van der Waals surface area contributed by atoms with Crippen molar-refractivity contribution in [1.29, 1.82) is 0 Å². The van der Waals surface area contributed by atoms with Crippen LogP contribution in [0.5, 0.6) is 5.75 Å². The van der Waals surface area contributed by atoms with E-state index < -0.39 is 6.10 Å². The summed E-state index contributed by atoms with van der Waals surface area (Å²) in [6.45, 7) is 15.6. The van der Waals surface area contributed by atoms with Gasteiger partial charge in [0.25, 0.3) is 0 Å². The number of hydrogen-bond donors (Lipinski definition) is 1. The summed E-state index contributed by atoms with van der Waals surface area (Å²) in [5.41, 5.74) is 2.82. The summed E-state index contributed by atoms with van der Waals surface area (Å²) in [6.07, 6.45) is 1.70. The Kier molecular flexibility index (Phi) is 5.86. The minimum absolute atomic E-state index is 0.0634. The first-order valence-corrected chi connectivity index (χ1v) is 8.10. The van der Waals surface area contributed by atoms with Crippen LogP contribution >= 0.6 is 0 Å². The highest BCUT2D eigenvalue weighted by Gasteiger charge is 2.26. The second-order valence-corrected chi connectivity index (χ2v) is 7.35. The molecule has 0 aliphatic heterocycles. The molecule has 1 N–H and O–H groups in total. The van der Waals surface area contributed by atoms with Gasteiger partial charge in [-0.05, 0) is 42.2 Å². The lowest BCUT2D eigenvalue weighted by Crippen LogP contribution is -2.22. The van der Waals surface area contributed by atoms with Gasteiger partial charge >= 0.3 is 0 Å². The average Bonchev–Trinajstić information content (AvgIpc) is 2.44. The van der Waals surface area contributed by atoms with E-state index >= 15 is 0 Å². The summed E-state index contributed by atoms with van der Waals surface area (Å²) in [5, 5.41) is 9.46. The minimum Gasteiger partial charge on any atom is -0.491 e. The van der Waals surface area contributed by atoms with E-state index in [0.29, 0.717) is 6.61 Å². The van der Waals surface area contributed by atoms with Crippen LogP contribution in [-0.4, -0.2) is 17.8 Å². The van der Waals surface area contributed by atoms with Crippen molar-refractivity contribution >= 4 is 0 Å². The second kappa shape index (κ2) is 6.83. The molecule has 2 nitrogen and oxygen atoms in total. The highest BCUT2D eigenvalue weighted by Crippen LogP contribution is 2.38. The molecule has 0 bridgehead atoms. The Morgan fingerprint density at radius 2 is 1.62 bits per heavy atom. The van der Waals surface area contributed by atoms with Gasteiger partial charge in [0.15, 0.2) is 0 Å². The summed E-state index contributed by atoms with van der Waals surface area (Å²) >= 11 is 0. The van der Waals surface area contributed by atoms with Crippen LogP contribution in [0.4, 0.5) is 0 Å². The standard InChI is InChI=1S/C19H32O2/c1-8-18(4,5)15-10-11-17(21-13-14(3)20)16(12-15)19(6,7)9-2/h10-12,14,20H,8-9,13H2,1-7H3/t14-/m0/s1. The van der Waals surface area contributed by atoms with E-state index in [1.54, 1.807) is 6.92 Å². The van der Waals surface area contributed by atoms with Gasteiger partial charge in [0.2, 0.25) is 0 Å². The van der Waals surface area contributed by atoms with Crippen LogP contribution in [0.25, 0.3) is 0 Å². The summed E-state index contributed by atoms with van der Waals surface area (Å²) in [5.74, 6) is 0.901. The largest absolute Gasteiger partial charge is 0.491 e. The summed E-state index contributed by atoms with van der Waals surface area (Å²) in [7, 11) is 0. The lowest BCUT2D eigenvalue weighted by atomic mass is 9.76. The zero-order valence-corrected chi connectivity index (χ0v) is 14.8. The molecule has 0 amide bonds. The van der Waals surface area contributed by atoms with E-state index in [9.17, 15) is 5.11 Å². The molecule has 2 heteroatoms. The molecule has 0 saturated carbocycles. The normalized spacial score (nSPS) is 14.1. The van der Waals surface area contributed by atoms with Crippen LogP contribution in [0.1, 0.15) is 72.4 Å². The van der Waals surface area contributed by atoms with Crippen molar-refractivity contribution in [2.45, 2.75) is 78.2 Å². The third kappa shape index (κ3) is 4.47. The van der Waals surface area contributed by atoms with Gasteiger partial charge < -0.3 is 9.84 Å². The van der Waals surface area contributed by atoms with Crippen LogP contribution in [-0.2, 0) is 10.8 Å². The molecule has 0 aliphatic rings. The molecule has 1 aromatic carbocycles. The van der Waals surface area contributed by atoms with Gasteiger partial charge in [-0.2, -0.15) is 0 Å². The number of aliphatic hydroxyl groups is 1. The van der Waals surface area contributed by atoms with Crippen molar-refractivity contribution in [2.24, 2.45) is 0 Å². The Hall–Kier alpha value is -1.02. The van der Waals surface area contributed by atoms with Gasteiger partial charge in [0.05, 0.1) is 6.10 Å². The van der Waals surface area contributed by atoms with Crippen molar-refractivity contribution in [1.82, 2.24) is 0 Å². The lowest BCUT2D eigenvalue weighted by Gasteiger charge is -2.30. The van der Waals surface area contributed by atoms with Crippen LogP contribution in [0.2, 0.25) is 0 Å². The van der Waals surface area contributed by atoms with E-state index in [-0.39, 0.29) is 10.8 Å². The first kappa shape index (κ1) is 18.0. The number of ether oxygens (including phenoxy) is 1. The van der Waals surface area contributed by atoms with E-state index in [2.05, 4.69) is 59.7 Å². The van der Waals surface area contributed by atoms with Gasteiger partial charge in [-0.25, -0.2) is 0 Å². The third-order valence-corrected chi connectivity index (χ3v) is 4.74. The maximum Gasteiger partial charge on any atom is 0.123 e. The second-order valence-electron chi connectivity index (χ2n) is 7.35. The zero-order valence-electron chi connectivity index (χ0n) is 14.8. The fourth-order valence-corrected chi connectivity index (χ4v) is 2.21. The molecule has 120 valence electrons. The van der Waals surface area contributed by atoms with Crippen molar-refractivity contribution < 1.29 is 9.84 Å². The summed E-state index contributed by atoms with van der Waals surface area (Å²) < 4.78 is 5.84. The van der Waals surface area contributed by atoms with Crippen molar-refractivity contribution in [3.63, 3.8) is 0 Å². The van der Waals surface area contributed by atoms with Gasteiger partial charge in [-0.3, -0.25) is 0 Å². The zero-order chi connectivity index (χ0) is 16.3. The predicted molar refractivity (Wildman–Crippen MR) is 90.3 cm³/mol. The molecule has 0 saturated heterocycles. The Labute approximate surface area is 130 Å². The molecule has 21 heavy (non-hydrogen) atoms. The fourth-order valence-electron chi connectivity index (χ4n) is 2.21. The maximum absolute atomic E-state index is 9.46. The van der Waals surface area contributed by atoms with Crippen molar-refractivity contribution in [2.75, 3.05) is 6.61 Å². The van der Waals surface area contributed by atoms with Crippen molar-refractivity contribution in [3.8, 4) is 5.75 Å². The fraction of sp³-hybridized carbons (Fsp3) is 0.684. The molecule has 0 unspecified atom stereocenters. The van der Waals surface area contributed by atoms with Gasteiger partial charge in [-0.15, -0.1) is 0 Å². The van der Waals surface area contributed by atoms with Gasteiger partial charge in [0.1, 0.15) is 12.4 Å². The van der Waals surface area contributed by atoms with E-state index in [4.69, 9.17) is 4.74 Å². The molecule has 1 aromatic rings. The summed E-state index contributed by atoms with van der Waals surface area (Å²) in [6, 6.07) is 6.53. The molecule has 1 rings (SSSR count). The van der Waals surface area contributed by atoms with Crippen LogP contribution in [0.15, 0.2) is 18.2 Å². The maximum atomic E-state index is 9.46. The molecular formula is C19H32O2. The van der Waals surface area contributed by atoms with E-state index in [0.717, 1.165) is 18.6 Å². The number of hydrogen-bond acceptors (Lipinski definition) is 2. The molecule has 1 atom stereocenters. The number of aliphatic hydroxyl groups excluding tert-OH is 1. The molecule has 0 heterocycles. The number of rotatable bonds is 7. The average molecular weight is 292 g/mol. The van der Waals surface area contributed by atoms with E-state index in [1.165, 1.54) is 11.1 Å². The van der Waals surface area contributed by atoms with Crippen LogP contribution in [0, 0.1) is 0 Å². The quantitative estimate of drug-likeness (QED) is 0.780. The van der Waals surface area contributed by atoms with Crippen LogP contribution in [0.3, 0.4) is 0 Å². The number of benzene rings is 1. The molecule has 0 aromatic heterocycles. The smallest absolute Gasteiger partial charge is 0.123 e. The van der Waals surface area contributed by atoms with Gasteiger partial charge in [0, 0.05) is 5.56 Å². The monoisotopic (exact) mass is 292 g/mol. The SMILES string of the molecule is CCC(C)(C)c1ccc(OC[C@H](C)O)c(C(C)(C)CC)c1. The Bertz CT molecular complexity index is 459. The molecule has 0 fully saturated rings. The predicted octanol–water partition coefficient (Wildman–Crippen LogP) is 4.82. The first-order valence-electron chi connectivity index (χ1n) is 8.10. The molecular weight excluding hydrogens is 260 g/mol. The molecule has 0 radical (unpaired) electrons. The third-order valence-electron chi connectivity index (χ3n) is 4.74. The Morgan fingerprint density at radius 3 is 2.10 bits per heavy atom. The topological polar surface area (TPSA) is 29.5 Å². The molecule has 0 spiro atoms. The first-order chi connectivity index (χ1) is 9.64.